The quantitative estimate of drug-likeness (QED) is 0.654. The molecule has 150 valence electrons. The highest BCUT2D eigenvalue weighted by Gasteiger charge is 2.34. The van der Waals surface area contributed by atoms with E-state index in [1.165, 1.54) is 43.6 Å². The molecule has 0 N–H and O–H groups in total. The molecule has 0 spiro atoms. The molecular formula is C25H30N4. The average molecular weight is 387 g/mol. The lowest BCUT2D eigenvalue weighted by molar-refractivity contribution is 0.123. The molecule has 3 saturated heterocycles. The van der Waals surface area contributed by atoms with Gasteiger partial charge in [0.1, 0.15) is 0 Å². The Balaban J connectivity index is 1.29. The van der Waals surface area contributed by atoms with Crippen LogP contribution in [0.1, 0.15) is 29.7 Å². The Kier molecular flexibility index (Phi) is 5.21. The summed E-state index contributed by atoms with van der Waals surface area (Å²) in [4.78, 5) is 5.40. The number of hydrogen-bond donors (Lipinski definition) is 0. The summed E-state index contributed by atoms with van der Waals surface area (Å²) in [6, 6.07) is 22.0. The van der Waals surface area contributed by atoms with Gasteiger partial charge in [-0.25, -0.2) is 4.68 Å². The van der Waals surface area contributed by atoms with E-state index in [1.54, 1.807) is 0 Å². The van der Waals surface area contributed by atoms with Crippen molar-refractivity contribution in [2.45, 2.75) is 38.9 Å². The van der Waals surface area contributed by atoms with Crippen molar-refractivity contribution in [3.8, 4) is 5.69 Å². The van der Waals surface area contributed by atoms with E-state index in [2.05, 4.69) is 83.6 Å². The van der Waals surface area contributed by atoms with Crippen LogP contribution in [0, 0.1) is 12.8 Å². The Hall–Kier alpha value is -2.43. The van der Waals surface area contributed by atoms with Crippen LogP contribution in [0.2, 0.25) is 0 Å². The number of rotatable bonds is 5. The van der Waals surface area contributed by atoms with Crippen LogP contribution >= 0.6 is 0 Å². The SMILES string of the molecule is Cc1nn(-c2ccccc2)cc1CN1C[C@@H]2CC[C@H](C1)N(Cc1ccccc1)C2. The molecule has 3 aliphatic heterocycles. The van der Waals surface area contributed by atoms with Crippen molar-refractivity contribution < 1.29 is 0 Å². The number of nitrogens with zero attached hydrogens (tertiary/aromatic N) is 4. The topological polar surface area (TPSA) is 24.3 Å². The summed E-state index contributed by atoms with van der Waals surface area (Å²) < 4.78 is 2.03. The van der Waals surface area contributed by atoms with Crippen LogP contribution in [0.5, 0.6) is 0 Å². The molecule has 4 heterocycles. The van der Waals surface area contributed by atoms with E-state index in [4.69, 9.17) is 5.10 Å². The van der Waals surface area contributed by atoms with Crippen LogP contribution in [0.15, 0.2) is 66.9 Å². The van der Waals surface area contributed by atoms with Crippen molar-refractivity contribution in [2.24, 2.45) is 5.92 Å². The van der Waals surface area contributed by atoms with Crippen molar-refractivity contribution >= 4 is 0 Å². The zero-order valence-electron chi connectivity index (χ0n) is 17.2. The number of para-hydroxylation sites is 1. The minimum atomic E-state index is 0.665. The van der Waals surface area contributed by atoms with Gasteiger partial charge in [-0.1, -0.05) is 48.5 Å². The number of piperidine rings is 1. The highest BCUT2D eigenvalue weighted by molar-refractivity contribution is 5.32. The first-order valence-corrected chi connectivity index (χ1v) is 10.9. The maximum absolute atomic E-state index is 4.77. The Labute approximate surface area is 173 Å². The molecule has 6 rings (SSSR count). The largest absolute Gasteiger partial charge is 0.297 e. The third-order valence-electron chi connectivity index (χ3n) is 6.55. The molecule has 4 nitrogen and oxygen atoms in total. The van der Waals surface area contributed by atoms with Gasteiger partial charge in [0.15, 0.2) is 0 Å². The number of aromatic nitrogens is 2. The summed E-state index contributed by atoms with van der Waals surface area (Å²) in [6.07, 6.45) is 4.92. The molecule has 29 heavy (non-hydrogen) atoms. The first-order valence-electron chi connectivity index (χ1n) is 10.9. The van der Waals surface area contributed by atoms with Crippen LogP contribution in [0.25, 0.3) is 5.69 Å². The van der Waals surface area contributed by atoms with E-state index in [0.717, 1.165) is 30.4 Å². The lowest BCUT2D eigenvalue weighted by atomic mass is 9.94. The average Bonchev–Trinajstić information content (AvgIpc) is 2.91. The minimum Gasteiger partial charge on any atom is -0.297 e. The first kappa shape index (κ1) is 18.6. The second-order valence-corrected chi connectivity index (χ2v) is 8.73. The van der Waals surface area contributed by atoms with E-state index >= 15 is 0 Å². The molecule has 2 aromatic carbocycles. The predicted molar refractivity (Wildman–Crippen MR) is 117 cm³/mol. The zero-order valence-corrected chi connectivity index (χ0v) is 17.2. The summed E-state index contributed by atoms with van der Waals surface area (Å²) in [5.41, 5.74) is 5.06. The van der Waals surface area contributed by atoms with Crippen molar-refractivity contribution in [3.05, 3.63) is 83.7 Å². The standard InChI is InChI=1S/C25H30N4/c1-20-23(18-29(26-20)24-10-6-3-7-11-24)17-27-14-22-12-13-25(19-27)28(16-22)15-21-8-4-2-5-9-21/h2-11,18,22,25H,12-17,19H2,1H3/t22-,25+/m0/s1. The molecule has 3 aliphatic rings. The molecule has 0 aliphatic carbocycles. The van der Waals surface area contributed by atoms with Crippen LogP contribution in [0.4, 0.5) is 0 Å². The molecule has 0 radical (unpaired) electrons. The molecule has 4 heteroatoms. The Bertz CT molecular complexity index is 934. The second-order valence-electron chi connectivity index (χ2n) is 8.73. The Morgan fingerprint density at radius 3 is 2.41 bits per heavy atom. The van der Waals surface area contributed by atoms with E-state index in [0.29, 0.717) is 6.04 Å². The first-order chi connectivity index (χ1) is 14.2. The summed E-state index contributed by atoms with van der Waals surface area (Å²) in [5, 5.41) is 4.77. The highest BCUT2D eigenvalue weighted by Crippen LogP contribution is 2.30. The van der Waals surface area contributed by atoms with E-state index in [-0.39, 0.29) is 0 Å². The van der Waals surface area contributed by atoms with Crippen LogP contribution in [-0.2, 0) is 13.1 Å². The monoisotopic (exact) mass is 386 g/mol. The molecule has 0 saturated carbocycles. The fraction of sp³-hybridized carbons (Fsp3) is 0.400. The molecule has 2 atom stereocenters. The molecule has 3 aromatic rings. The number of aryl methyl sites for hydroxylation is 1. The van der Waals surface area contributed by atoms with Gasteiger partial charge in [-0.3, -0.25) is 9.80 Å². The molecular weight excluding hydrogens is 356 g/mol. The smallest absolute Gasteiger partial charge is 0.0645 e. The number of fused-ring (bicyclic) bond motifs is 4. The van der Waals surface area contributed by atoms with Gasteiger partial charge in [0.05, 0.1) is 11.4 Å². The van der Waals surface area contributed by atoms with Gasteiger partial charge in [0.2, 0.25) is 0 Å². The predicted octanol–water partition coefficient (Wildman–Crippen LogP) is 4.28. The second kappa shape index (κ2) is 8.13. The maximum atomic E-state index is 4.77. The minimum absolute atomic E-state index is 0.665. The summed E-state index contributed by atoms with van der Waals surface area (Å²) in [6.45, 7) is 7.84. The summed E-state index contributed by atoms with van der Waals surface area (Å²) in [7, 11) is 0. The molecule has 3 fully saturated rings. The third-order valence-corrected chi connectivity index (χ3v) is 6.55. The van der Waals surface area contributed by atoms with Crippen molar-refractivity contribution in [3.63, 3.8) is 0 Å². The lowest BCUT2D eigenvalue weighted by Gasteiger charge is -2.36. The zero-order chi connectivity index (χ0) is 19.6. The third kappa shape index (κ3) is 4.14. The van der Waals surface area contributed by atoms with E-state index in [1.807, 2.05) is 4.68 Å². The molecule has 0 amide bonds. The fourth-order valence-electron chi connectivity index (χ4n) is 5.02. The van der Waals surface area contributed by atoms with Crippen LogP contribution in [0.3, 0.4) is 0 Å². The van der Waals surface area contributed by atoms with Crippen molar-refractivity contribution in [1.29, 1.82) is 0 Å². The fourth-order valence-corrected chi connectivity index (χ4v) is 5.02. The van der Waals surface area contributed by atoms with E-state index in [9.17, 15) is 0 Å². The normalized spacial score (nSPS) is 22.7. The molecule has 0 unspecified atom stereocenters. The summed E-state index contributed by atoms with van der Waals surface area (Å²) in [5.74, 6) is 0.780. The highest BCUT2D eigenvalue weighted by atomic mass is 15.3. The maximum Gasteiger partial charge on any atom is 0.0645 e. The van der Waals surface area contributed by atoms with Crippen molar-refractivity contribution in [1.82, 2.24) is 19.6 Å². The van der Waals surface area contributed by atoms with E-state index < -0.39 is 0 Å². The Morgan fingerprint density at radius 2 is 1.62 bits per heavy atom. The summed E-state index contributed by atoms with van der Waals surface area (Å²) >= 11 is 0. The lowest BCUT2D eigenvalue weighted by Crippen LogP contribution is -2.43. The number of benzene rings is 2. The van der Waals surface area contributed by atoms with Gasteiger partial charge in [-0.05, 0) is 43.4 Å². The van der Waals surface area contributed by atoms with Crippen LogP contribution in [-0.4, -0.2) is 45.3 Å². The molecule has 2 bridgehead atoms. The van der Waals surface area contributed by atoms with Gasteiger partial charge in [-0.2, -0.15) is 5.10 Å². The van der Waals surface area contributed by atoms with Gasteiger partial charge in [0, 0.05) is 50.5 Å². The van der Waals surface area contributed by atoms with Gasteiger partial charge in [0.25, 0.3) is 0 Å². The Morgan fingerprint density at radius 1 is 0.862 bits per heavy atom. The van der Waals surface area contributed by atoms with Gasteiger partial charge in [-0.15, -0.1) is 0 Å². The van der Waals surface area contributed by atoms with Crippen molar-refractivity contribution in [2.75, 3.05) is 19.6 Å². The van der Waals surface area contributed by atoms with Gasteiger partial charge >= 0.3 is 0 Å². The van der Waals surface area contributed by atoms with Gasteiger partial charge < -0.3 is 0 Å². The van der Waals surface area contributed by atoms with Crippen LogP contribution < -0.4 is 0 Å². The number of hydrogen-bond acceptors (Lipinski definition) is 3. The molecule has 1 aromatic heterocycles.